The molecule has 6 heteroatoms. The van der Waals surface area contributed by atoms with Crippen LogP contribution in [0.1, 0.15) is 0 Å². The van der Waals surface area contributed by atoms with Gasteiger partial charge in [-0.1, -0.05) is 12.1 Å². The Morgan fingerprint density at radius 2 is 1.75 bits per heavy atom. The highest BCUT2D eigenvalue weighted by molar-refractivity contribution is 8.13. The van der Waals surface area contributed by atoms with Crippen LogP contribution in [0.3, 0.4) is 0 Å². The maximum absolute atomic E-state index is 11.2. The summed E-state index contributed by atoms with van der Waals surface area (Å²) in [5, 5.41) is 0. The highest BCUT2D eigenvalue weighted by Gasteiger charge is 2.10. The minimum Gasteiger partial charge on any atom is -0.244 e. The van der Waals surface area contributed by atoms with E-state index in [1.807, 2.05) is 0 Å². The van der Waals surface area contributed by atoms with Crippen LogP contribution in [0.2, 0.25) is 0 Å². The molecule has 0 saturated heterocycles. The summed E-state index contributed by atoms with van der Waals surface area (Å²) in [5.41, 5.74) is 1.45. The fraction of sp³-hybridized carbons (Fsp3) is 0. The Labute approximate surface area is 97.4 Å². The number of benzene rings is 1. The summed E-state index contributed by atoms with van der Waals surface area (Å²) >= 11 is 0. The second kappa shape index (κ2) is 4.19. The van der Waals surface area contributed by atoms with E-state index in [4.69, 9.17) is 10.7 Å². The van der Waals surface area contributed by atoms with Crippen LogP contribution < -0.4 is 0 Å². The second-order valence-electron chi connectivity index (χ2n) is 3.09. The van der Waals surface area contributed by atoms with Gasteiger partial charge in [-0.2, -0.15) is 0 Å². The molecule has 0 aliphatic rings. The summed E-state index contributed by atoms with van der Waals surface area (Å²) in [7, 11) is 1.56. The van der Waals surface area contributed by atoms with Gasteiger partial charge in [0, 0.05) is 28.6 Å². The van der Waals surface area contributed by atoms with Crippen LogP contribution in [0.5, 0.6) is 0 Å². The van der Waals surface area contributed by atoms with E-state index in [2.05, 4.69) is 9.97 Å². The van der Waals surface area contributed by atoms with Gasteiger partial charge in [-0.25, -0.2) is 18.4 Å². The first-order chi connectivity index (χ1) is 7.57. The van der Waals surface area contributed by atoms with Gasteiger partial charge in [0.2, 0.25) is 0 Å². The summed E-state index contributed by atoms with van der Waals surface area (Å²) in [4.78, 5) is 7.78. The third-order valence-electron chi connectivity index (χ3n) is 2.01. The van der Waals surface area contributed by atoms with Crippen molar-refractivity contribution in [2.75, 3.05) is 0 Å². The topological polar surface area (TPSA) is 59.9 Å². The predicted octanol–water partition coefficient (Wildman–Crippen LogP) is 2.07. The van der Waals surface area contributed by atoms with Gasteiger partial charge in [0.25, 0.3) is 9.05 Å². The minimum atomic E-state index is -3.70. The van der Waals surface area contributed by atoms with Crippen molar-refractivity contribution in [3.8, 4) is 11.1 Å². The Hall–Kier alpha value is -1.46. The molecule has 0 N–H and O–H groups in total. The van der Waals surface area contributed by atoms with Crippen LogP contribution in [0.15, 0.2) is 47.9 Å². The van der Waals surface area contributed by atoms with Crippen molar-refractivity contribution < 1.29 is 8.42 Å². The molecule has 2 aromatic rings. The molecule has 0 amide bonds. The van der Waals surface area contributed by atoms with Crippen LogP contribution >= 0.6 is 10.7 Å². The van der Waals surface area contributed by atoms with E-state index in [9.17, 15) is 8.42 Å². The van der Waals surface area contributed by atoms with E-state index in [1.54, 1.807) is 24.5 Å². The molecule has 2 rings (SSSR count). The first-order valence-electron chi connectivity index (χ1n) is 4.37. The SMILES string of the molecule is O=S(=O)(Cl)c1cccc(-c2cncnc2)c1. The fourth-order valence-electron chi connectivity index (χ4n) is 1.28. The van der Waals surface area contributed by atoms with Crippen molar-refractivity contribution in [2.24, 2.45) is 0 Å². The van der Waals surface area contributed by atoms with Gasteiger partial charge in [-0.15, -0.1) is 0 Å². The smallest absolute Gasteiger partial charge is 0.244 e. The molecule has 0 unspecified atom stereocenters. The zero-order valence-corrected chi connectivity index (χ0v) is 9.61. The maximum Gasteiger partial charge on any atom is 0.261 e. The van der Waals surface area contributed by atoms with Gasteiger partial charge in [0.15, 0.2) is 0 Å². The predicted molar refractivity (Wildman–Crippen MR) is 60.5 cm³/mol. The molecule has 4 nitrogen and oxygen atoms in total. The average molecular weight is 255 g/mol. The molecule has 0 radical (unpaired) electrons. The first-order valence-corrected chi connectivity index (χ1v) is 6.68. The molecule has 0 saturated carbocycles. The Balaban J connectivity index is 2.53. The number of hydrogen-bond donors (Lipinski definition) is 0. The third-order valence-corrected chi connectivity index (χ3v) is 3.36. The number of hydrogen-bond acceptors (Lipinski definition) is 4. The van der Waals surface area contributed by atoms with Gasteiger partial charge in [-0.3, -0.25) is 0 Å². The first kappa shape index (κ1) is 11.0. The zero-order valence-electron chi connectivity index (χ0n) is 8.04. The van der Waals surface area contributed by atoms with Gasteiger partial charge in [0.1, 0.15) is 6.33 Å². The van der Waals surface area contributed by atoms with Crippen molar-refractivity contribution in [3.05, 3.63) is 43.0 Å². The number of halogens is 1. The molecular formula is C10H7ClN2O2S. The molecule has 82 valence electrons. The van der Waals surface area contributed by atoms with E-state index < -0.39 is 9.05 Å². The molecule has 0 aliphatic heterocycles. The van der Waals surface area contributed by atoms with Crippen molar-refractivity contribution >= 4 is 19.7 Å². The highest BCUT2D eigenvalue weighted by Crippen LogP contribution is 2.22. The van der Waals surface area contributed by atoms with Gasteiger partial charge >= 0.3 is 0 Å². The molecule has 1 aromatic heterocycles. The summed E-state index contributed by atoms with van der Waals surface area (Å²) < 4.78 is 22.3. The molecule has 16 heavy (non-hydrogen) atoms. The lowest BCUT2D eigenvalue weighted by Gasteiger charge is -2.01. The van der Waals surface area contributed by atoms with Crippen LogP contribution in [-0.2, 0) is 9.05 Å². The van der Waals surface area contributed by atoms with Gasteiger partial charge < -0.3 is 0 Å². The Morgan fingerprint density at radius 3 is 2.38 bits per heavy atom. The van der Waals surface area contributed by atoms with E-state index in [0.29, 0.717) is 5.56 Å². The fourth-order valence-corrected chi connectivity index (χ4v) is 2.07. The molecule has 0 spiro atoms. The van der Waals surface area contributed by atoms with Crippen LogP contribution in [-0.4, -0.2) is 18.4 Å². The summed E-state index contributed by atoms with van der Waals surface area (Å²) in [5.74, 6) is 0. The zero-order chi connectivity index (χ0) is 11.6. The average Bonchev–Trinajstić information content (AvgIpc) is 2.29. The number of aromatic nitrogens is 2. The molecule has 0 aliphatic carbocycles. The van der Waals surface area contributed by atoms with E-state index in [1.165, 1.54) is 18.5 Å². The van der Waals surface area contributed by atoms with Crippen molar-refractivity contribution in [1.29, 1.82) is 0 Å². The number of nitrogens with zero attached hydrogens (tertiary/aromatic N) is 2. The van der Waals surface area contributed by atoms with Gasteiger partial charge in [0.05, 0.1) is 4.90 Å². The van der Waals surface area contributed by atoms with Crippen molar-refractivity contribution in [3.63, 3.8) is 0 Å². The summed E-state index contributed by atoms with van der Waals surface area (Å²) in [6.45, 7) is 0. The lowest BCUT2D eigenvalue weighted by Crippen LogP contribution is -1.91. The number of rotatable bonds is 2. The molecular weight excluding hydrogens is 248 g/mol. The monoisotopic (exact) mass is 254 g/mol. The maximum atomic E-state index is 11.2. The second-order valence-corrected chi connectivity index (χ2v) is 5.66. The van der Waals surface area contributed by atoms with E-state index in [-0.39, 0.29) is 4.90 Å². The lowest BCUT2D eigenvalue weighted by atomic mass is 10.1. The Morgan fingerprint density at radius 1 is 1.06 bits per heavy atom. The molecule has 1 heterocycles. The molecule has 1 aromatic carbocycles. The quantitative estimate of drug-likeness (QED) is 0.770. The third kappa shape index (κ3) is 2.37. The normalized spacial score (nSPS) is 11.3. The summed E-state index contributed by atoms with van der Waals surface area (Å²) in [6.07, 6.45) is 4.62. The standard InChI is InChI=1S/C10H7ClN2O2S/c11-16(14,15)10-3-1-2-8(4-10)9-5-12-7-13-6-9/h1-7H. The minimum absolute atomic E-state index is 0.0653. The van der Waals surface area contributed by atoms with Crippen LogP contribution in [0, 0.1) is 0 Å². The van der Waals surface area contributed by atoms with E-state index >= 15 is 0 Å². The molecule has 0 atom stereocenters. The molecule has 0 fully saturated rings. The highest BCUT2D eigenvalue weighted by atomic mass is 35.7. The largest absolute Gasteiger partial charge is 0.261 e. The van der Waals surface area contributed by atoms with E-state index in [0.717, 1.165) is 5.56 Å². The van der Waals surface area contributed by atoms with Crippen molar-refractivity contribution in [2.45, 2.75) is 4.90 Å². The summed E-state index contributed by atoms with van der Waals surface area (Å²) in [6, 6.07) is 6.32. The van der Waals surface area contributed by atoms with Crippen molar-refractivity contribution in [1.82, 2.24) is 9.97 Å². The van der Waals surface area contributed by atoms with Crippen LogP contribution in [0.4, 0.5) is 0 Å². The molecule has 0 bridgehead atoms. The Kier molecular flexibility index (Phi) is 2.89. The Bertz CT molecular complexity index is 599. The van der Waals surface area contributed by atoms with Crippen LogP contribution in [0.25, 0.3) is 11.1 Å². The van der Waals surface area contributed by atoms with Gasteiger partial charge in [-0.05, 0) is 17.7 Å². The lowest BCUT2D eigenvalue weighted by molar-refractivity contribution is 0.609.